The minimum Gasteiger partial charge on any atom is -0.481 e. The van der Waals surface area contributed by atoms with Crippen LogP contribution in [0.15, 0.2) is 29.3 Å². The van der Waals surface area contributed by atoms with Gasteiger partial charge >= 0.3 is 5.97 Å². The molecular formula is C16H18N2O5S2. The lowest BCUT2D eigenvalue weighted by Crippen LogP contribution is -2.37. The van der Waals surface area contributed by atoms with Gasteiger partial charge in [-0.05, 0) is 19.1 Å². The number of hydrogen-bond acceptors (Lipinski definition) is 5. The summed E-state index contributed by atoms with van der Waals surface area (Å²) in [6, 6.07) is 7.33. The third-order valence-electron chi connectivity index (χ3n) is 4.15. The van der Waals surface area contributed by atoms with Crippen molar-refractivity contribution in [2.45, 2.75) is 31.1 Å². The van der Waals surface area contributed by atoms with Crippen LogP contribution in [0.1, 0.15) is 18.4 Å². The van der Waals surface area contributed by atoms with Crippen LogP contribution in [0.5, 0.6) is 0 Å². The van der Waals surface area contributed by atoms with Crippen LogP contribution in [0.25, 0.3) is 0 Å². The second-order valence-corrected chi connectivity index (χ2v) is 9.55. The van der Waals surface area contributed by atoms with Gasteiger partial charge in [-0.15, -0.1) is 0 Å². The molecule has 0 radical (unpaired) electrons. The molecule has 2 aliphatic rings. The molecule has 1 aromatic carbocycles. The Morgan fingerprint density at radius 3 is 2.56 bits per heavy atom. The van der Waals surface area contributed by atoms with Crippen LogP contribution in [-0.4, -0.2) is 53.4 Å². The van der Waals surface area contributed by atoms with Crippen molar-refractivity contribution in [3.8, 4) is 0 Å². The average molecular weight is 382 g/mol. The lowest BCUT2D eigenvalue weighted by atomic mass is 10.1. The van der Waals surface area contributed by atoms with Gasteiger partial charge in [-0.1, -0.05) is 29.5 Å². The number of amides is 1. The maximum absolute atomic E-state index is 12.0. The van der Waals surface area contributed by atoms with E-state index in [-0.39, 0.29) is 35.6 Å². The molecule has 0 spiro atoms. The molecule has 7 nitrogen and oxygen atoms in total. The minimum atomic E-state index is -3.11. The summed E-state index contributed by atoms with van der Waals surface area (Å²) in [4.78, 5) is 28.4. The second kappa shape index (κ2) is 6.80. The zero-order chi connectivity index (χ0) is 18.2. The molecule has 3 rings (SSSR count). The maximum atomic E-state index is 12.0. The van der Waals surface area contributed by atoms with E-state index in [1.807, 2.05) is 31.2 Å². The van der Waals surface area contributed by atoms with E-state index in [1.54, 1.807) is 4.90 Å². The van der Waals surface area contributed by atoms with Gasteiger partial charge in [-0.2, -0.15) is 4.99 Å². The molecule has 2 aliphatic heterocycles. The number of carboxylic acids is 1. The summed E-state index contributed by atoms with van der Waals surface area (Å²) in [6.45, 7) is 1.95. The smallest absolute Gasteiger partial charge is 0.303 e. The summed E-state index contributed by atoms with van der Waals surface area (Å²) in [7, 11) is -3.11. The van der Waals surface area contributed by atoms with Crippen molar-refractivity contribution in [3.05, 3.63) is 29.8 Å². The molecular weight excluding hydrogens is 364 g/mol. The van der Waals surface area contributed by atoms with Crippen LogP contribution in [0.3, 0.4) is 0 Å². The van der Waals surface area contributed by atoms with E-state index in [4.69, 9.17) is 5.11 Å². The highest BCUT2D eigenvalue weighted by Gasteiger charge is 2.49. The Morgan fingerprint density at radius 1 is 1.24 bits per heavy atom. The molecule has 2 fully saturated rings. The Labute approximate surface area is 150 Å². The molecule has 134 valence electrons. The summed E-state index contributed by atoms with van der Waals surface area (Å²) in [6.07, 6.45) is -0.444. The molecule has 2 heterocycles. The molecule has 0 saturated carbocycles. The predicted molar refractivity (Wildman–Crippen MR) is 96.8 cm³/mol. The zero-order valence-corrected chi connectivity index (χ0v) is 15.2. The summed E-state index contributed by atoms with van der Waals surface area (Å²) in [5, 5.41) is 8.96. The topological polar surface area (TPSA) is 104 Å². The van der Waals surface area contributed by atoms with Gasteiger partial charge in [0.05, 0.1) is 24.0 Å². The van der Waals surface area contributed by atoms with Gasteiger partial charge in [-0.3, -0.25) is 9.59 Å². The number of amidine groups is 1. The molecule has 0 unspecified atom stereocenters. The first-order chi connectivity index (χ1) is 11.7. The molecule has 1 amide bonds. The van der Waals surface area contributed by atoms with Gasteiger partial charge in [0.25, 0.3) is 0 Å². The number of fused-ring (bicyclic) bond motifs is 1. The number of aliphatic imine (C=N–C) groups is 1. The van der Waals surface area contributed by atoms with Crippen molar-refractivity contribution in [2.24, 2.45) is 4.99 Å². The van der Waals surface area contributed by atoms with Crippen LogP contribution < -0.4 is 4.90 Å². The normalized spacial score (nSPS) is 26.0. The van der Waals surface area contributed by atoms with Gasteiger partial charge in [0.2, 0.25) is 5.91 Å². The number of carboxylic acid groups (broad SMARTS) is 1. The van der Waals surface area contributed by atoms with Gasteiger partial charge in [0, 0.05) is 17.4 Å². The molecule has 1 N–H and O–H groups in total. The molecule has 0 aliphatic carbocycles. The summed E-state index contributed by atoms with van der Waals surface area (Å²) >= 11 is 1.28. The van der Waals surface area contributed by atoms with Gasteiger partial charge in [-0.25, -0.2) is 8.42 Å². The number of carbonyl (C=O) groups is 2. The standard InChI is InChI=1S/C16H18N2O5S2/c1-10-2-4-11(5-3-10)18-12-8-25(22,23)9-13(12)24-16(18)17-14(19)6-7-15(20)21/h2-5,12-13H,6-9H2,1H3,(H,20,21)/t12-,13+/m1/s1. The summed E-state index contributed by atoms with van der Waals surface area (Å²) in [5.74, 6) is -1.47. The number of thioether (sulfide) groups is 1. The first-order valence-corrected chi connectivity index (χ1v) is 10.5. The van der Waals surface area contributed by atoms with Crippen molar-refractivity contribution >= 4 is 44.3 Å². The largest absolute Gasteiger partial charge is 0.481 e. The number of carbonyl (C=O) groups excluding carboxylic acids is 1. The highest BCUT2D eigenvalue weighted by molar-refractivity contribution is 8.16. The third-order valence-corrected chi connectivity index (χ3v) is 7.36. The Bertz CT molecular complexity index is 833. The minimum absolute atomic E-state index is 0.0287. The van der Waals surface area contributed by atoms with Crippen LogP contribution in [0.2, 0.25) is 0 Å². The lowest BCUT2D eigenvalue weighted by Gasteiger charge is -2.24. The zero-order valence-electron chi connectivity index (χ0n) is 13.6. The van der Waals surface area contributed by atoms with E-state index in [9.17, 15) is 18.0 Å². The molecule has 0 aromatic heterocycles. The highest BCUT2D eigenvalue weighted by Crippen LogP contribution is 2.41. The van der Waals surface area contributed by atoms with E-state index in [2.05, 4.69) is 4.99 Å². The number of nitrogens with zero attached hydrogens (tertiary/aromatic N) is 2. The maximum Gasteiger partial charge on any atom is 0.303 e. The number of aryl methyl sites for hydroxylation is 1. The van der Waals surface area contributed by atoms with Gasteiger partial charge < -0.3 is 10.0 Å². The fourth-order valence-electron chi connectivity index (χ4n) is 2.95. The summed E-state index contributed by atoms with van der Waals surface area (Å²) in [5.41, 5.74) is 1.86. The molecule has 9 heteroatoms. The summed E-state index contributed by atoms with van der Waals surface area (Å²) < 4.78 is 23.9. The van der Waals surface area contributed by atoms with Crippen LogP contribution in [-0.2, 0) is 19.4 Å². The Morgan fingerprint density at radius 2 is 1.92 bits per heavy atom. The van der Waals surface area contributed by atoms with Gasteiger partial charge in [0.1, 0.15) is 0 Å². The second-order valence-electron chi connectivity index (χ2n) is 6.19. The number of anilines is 1. The molecule has 1 aromatic rings. The number of benzene rings is 1. The monoisotopic (exact) mass is 382 g/mol. The van der Waals surface area contributed by atoms with E-state index in [0.717, 1.165) is 11.3 Å². The van der Waals surface area contributed by atoms with Crippen molar-refractivity contribution in [2.75, 3.05) is 16.4 Å². The van der Waals surface area contributed by atoms with E-state index < -0.39 is 21.7 Å². The number of sulfone groups is 1. The molecule has 2 atom stereocenters. The first-order valence-electron chi connectivity index (χ1n) is 7.81. The van der Waals surface area contributed by atoms with Gasteiger partial charge in [0.15, 0.2) is 15.0 Å². The quantitative estimate of drug-likeness (QED) is 0.840. The van der Waals surface area contributed by atoms with Crippen molar-refractivity contribution in [3.63, 3.8) is 0 Å². The SMILES string of the molecule is Cc1ccc(N2C(=NC(=O)CCC(=O)O)S[C@H]3CS(=O)(=O)C[C@H]32)cc1. The Hall–Kier alpha value is -1.87. The Balaban J connectivity index is 1.90. The van der Waals surface area contributed by atoms with E-state index in [0.29, 0.717) is 5.17 Å². The molecule has 25 heavy (non-hydrogen) atoms. The number of hydrogen-bond donors (Lipinski definition) is 1. The van der Waals surface area contributed by atoms with Crippen LogP contribution >= 0.6 is 11.8 Å². The predicted octanol–water partition coefficient (Wildman–Crippen LogP) is 1.46. The Kier molecular flexibility index (Phi) is 4.88. The van der Waals surface area contributed by atoms with Crippen LogP contribution in [0.4, 0.5) is 5.69 Å². The first kappa shape index (κ1) is 17.9. The van der Waals surface area contributed by atoms with Crippen LogP contribution in [0, 0.1) is 6.92 Å². The molecule has 0 bridgehead atoms. The van der Waals surface area contributed by atoms with E-state index >= 15 is 0 Å². The average Bonchev–Trinajstić information content (AvgIpc) is 2.97. The third kappa shape index (κ3) is 4.04. The number of aliphatic carboxylic acids is 1. The van der Waals surface area contributed by atoms with E-state index in [1.165, 1.54) is 11.8 Å². The lowest BCUT2D eigenvalue weighted by molar-refractivity contribution is -0.138. The fourth-order valence-corrected chi connectivity index (χ4v) is 6.88. The number of rotatable bonds is 4. The fraction of sp³-hybridized carbons (Fsp3) is 0.438. The highest BCUT2D eigenvalue weighted by atomic mass is 32.2. The van der Waals surface area contributed by atoms with Crippen molar-refractivity contribution in [1.29, 1.82) is 0 Å². The molecule has 2 saturated heterocycles. The van der Waals surface area contributed by atoms with Crippen molar-refractivity contribution in [1.82, 2.24) is 0 Å². The van der Waals surface area contributed by atoms with Crippen molar-refractivity contribution < 1.29 is 23.1 Å².